The van der Waals surface area contributed by atoms with Crippen molar-refractivity contribution in [3.63, 3.8) is 0 Å². The van der Waals surface area contributed by atoms with Crippen molar-refractivity contribution in [2.75, 3.05) is 26.2 Å². The molecule has 5 nitrogen and oxygen atoms in total. The van der Waals surface area contributed by atoms with E-state index in [9.17, 15) is 4.79 Å². The minimum Gasteiger partial charge on any atom is -0.335 e. The first-order valence-electron chi connectivity index (χ1n) is 7.18. The number of rotatable bonds is 3. The Morgan fingerprint density at radius 1 is 1.23 bits per heavy atom. The van der Waals surface area contributed by atoms with Crippen LogP contribution in [0.1, 0.15) is 20.9 Å². The van der Waals surface area contributed by atoms with Crippen molar-refractivity contribution in [3.05, 3.63) is 45.4 Å². The molecule has 1 saturated heterocycles. The second-order valence-electron chi connectivity index (χ2n) is 5.37. The highest BCUT2D eigenvalue weighted by Crippen LogP contribution is 2.15. The summed E-state index contributed by atoms with van der Waals surface area (Å²) in [6.07, 6.45) is 0. The molecule has 0 spiro atoms. The number of aromatic nitrogens is 2. The minimum absolute atomic E-state index is 0.00241. The molecule has 0 N–H and O–H groups in total. The van der Waals surface area contributed by atoms with E-state index in [-0.39, 0.29) is 5.91 Å². The monoisotopic (exact) mass is 336 g/mol. The van der Waals surface area contributed by atoms with Gasteiger partial charge in [0.25, 0.3) is 5.91 Å². The van der Waals surface area contributed by atoms with Gasteiger partial charge in [0.05, 0.1) is 4.88 Å². The second-order valence-corrected chi connectivity index (χ2v) is 6.77. The third-order valence-corrected chi connectivity index (χ3v) is 4.72. The number of hydrogen-bond donors (Lipinski definition) is 0. The highest BCUT2D eigenvalue weighted by molar-refractivity contribution is 7.05. The molecule has 116 valence electrons. The van der Waals surface area contributed by atoms with Gasteiger partial charge in [-0.15, -0.1) is 5.10 Å². The zero-order valence-corrected chi connectivity index (χ0v) is 13.9. The van der Waals surface area contributed by atoms with Gasteiger partial charge in [-0.1, -0.05) is 28.2 Å². The fraction of sp³-hybridized carbons (Fsp3) is 0.400. The molecule has 1 aromatic carbocycles. The minimum atomic E-state index is -0.00241. The van der Waals surface area contributed by atoms with Crippen molar-refractivity contribution < 1.29 is 4.79 Å². The Morgan fingerprint density at radius 3 is 2.50 bits per heavy atom. The van der Waals surface area contributed by atoms with Gasteiger partial charge in [-0.25, -0.2) is 0 Å². The molecule has 1 fully saturated rings. The predicted octanol–water partition coefficient (Wildman–Crippen LogP) is 2.46. The molecule has 0 bridgehead atoms. The van der Waals surface area contributed by atoms with E-state index >= 15 is 0 Å². The topological polar surface area (TPSA) is 49.3 Å². The lowest BCUT2D eigenvalue weighted by molar-refractivity contribution is 0.0622. The molecule has 3 rings (SSSR count). The molecule has 0 radical (unpaired) electrons. The summed E-state index contributed by atoms with van der Waals surface area (Å²) < 4.78 is 3.84. The molecular weight excluding hydrogens is 320 g/mol. The number of hydrogen-bond acceptors (Lipinski definition) is 5. The van der Waals surface area contributed by atoms with E-state index in [1.807, 2.05) is 36.1 Å². The molecule has 0 atom stereocenters. The third-order valence-electron chi connectivity index (χ3n) is 3.83. The lowest BCUT2D eigenvalue weighted by atomic mass is 10.2. The van der Waals surface area contributed by atoms with Crippen molar-refractivity contribution in [2.24, 2.45) is 0 Å². The second kappa shape index (κ2) is 6.73. The van der Waals surface area contributed by atoms with Crippen molar-refractivity contribution in [3.8, 4) is 0 Å². The molecule has 2 heterocycles. The fourth-order valence-corrected chi connectivity index (χ4v) is 3.12. The van der Waals surface area contributed by atoms with Crippen molar-refractivity contribution in [1.82, 2.24) is 19.4 Å². The molecule has 1 aliphatic heterocycles. The molecule has 1 amide bonds. The van der Waals surface area contributed by atoms with Crippen LogP contribution in [0.5, 0.6) is 0 Å². The van der Waals surface area contributed by atoms with Crippen LogP contribution in [0.25, 0.3) is 0 Å². The SMILES string of the molecule is Cc1snnc1C(=O)N1CCN(Cc2ccc(Cl)cc2)CC1. The van der Waals surface area contributed by atoms with E-state index in [1.54, 1.807) is 0 Å². The molecule has 0 saturated carbocycles. The lowest BCUT2D eigenvalue weighted by Crippen LogP contribution is -2.48. The maximum atomic E-state index is 12.4. The third kappa shape index (κ3) is 3.45. The largest absolute Gasteiger partial charge is 0.335 e. The van der Waals surface area contributed by atoms with Crippen LogP contribution in [-0.2, 0) is 6.54 Å². The van der Waals surface area contributed by atoms with E-state index in [0.29, 0.717) is 5.69 Å². The highest BCUT2D eigenvalue weighted by atomic mass is 35.5. The average Bonchev–Trinajstić information content (AvgIpc) is 2.96. The maximum Gasteiger partial charge on any atom is 0.275 e. The van der Waals surface area contributed by atoms with Gasteiger partial charge in [0.2, 0.25) is 0 Å². The van der Waals surface area contributed by atoms with Crippen molar-refractivity contribution in [1.29, 1.82) is 0 Å². The van der Waals surface area contributed by atoms with E-state index in [0.717, 1.165) is 42.6 Å². The summed E-state index contributed by atoms with van der Waals surface area (Å²) in [7, 11) is 0. The fourth-order valence-electron chi connectivity index (χ4n) is 2.54. The average molecular weight is 337 g/mol. The number of carbonyl (C=O) groups is 1. The lowest BCUT2D eigenvalue weighted by Gasteiger charge is -2.34. The number of piperazine rings is 1. The van der Waals surface area contributed by atoms with Crippen molar-refractivity contribution in [2.45, 2.75) is 13.5 Å². The van der Waals surface area contributed by atoms with E-state index in [2.05, 4.69) is 14.5 Å². The maximum absolute atomic E-state index is 12.4. The smallest absolute Gasteiger partial charge is 0.275 e. The number of halogens is 1. The molecular formula is C15H17ClN4OS. The van der Waals surface area contributed by atoms with Gasteiger partial charge in [0, 0.05) is 37.7 Å². The Labute approximate surface area is 138 Å². The van der Waals surface area contributed by atoms with Gasteiger partial charge < -0.3 is 4.90 Å². The Kier molecular flexibility index (Phi) is 4.71. The summed E-state index contributed by atoms with van der Waals surface area (Å²) >= 11 is 7.17. The van der Waals surface area contributed by atoms with Crippen LogP contribution in [-0.4, -0.2) is 51.5 Å². The molecule has 7 heteroatoms. The summed E-state index contributed by atoms with van der Waals surface area (Å²) in [4.78, 5) is 17.5. The van der Waals surface area contributed by atoms with Crippen LogP contribution < -0.4 is 0 Å². The number of nitrogens with zero attached hydrogens (tertiary/aromatic N) is 4. The van der Waals surface area contributed by atoms with E-state index in [4.69, 9.17) is 11.6 Å². The normalized spacial score (nSPS) is 16.0. The Balaban J connectivity index is 1.55. The summed E-state index contributed by atoms with van der Waals surface area (Å²) in [6.45, 7) is 5.95. The molecule has 1 aromatic heterocycles. The first kappa shape index (κ1) is 15.4. The molecule has 2 aromatic rings. The Morgan fingerprint density at radius 2 is 1.91 bits per heavy atom. The van der Waals surface area contributed by atoms with Gasteiger partial charge in [0.1, 0.15) is 0 Å². The van der Waals surface area contributed by atoms with Crippen LogP contribution in [0.2, 0.25) is 5.02 Å². The first-order chi connectivity index (χ1) is 10.6. The quantitative estimate of drug-likeness (QED) is 0.864. The van der Waals surface area contributed by atoms with Crippen molar-refractivity contribution >= 4 is 29.0 Å². The van der Waals surface area contributed by atoms with Gasteiger partial charge in [-0.3, -0.25) is 9.69 Å². The van der Waals surface area contributed by atoms with Crippen LogP contribution in [0.3, 0.4) is 0 Å². The van der Waals surface area contributed by atoms with Crippen LogP contribution in [0.15, 0.2) is 24.3 Å². The first-order valence-corrected chi connectivity index (χ1v) is 8.33. The summed E-state index contributed by atoms with van der Waals surface area (Å²) in [5.41, 5.74) is 1.74. The molecule has 1 aliphatic rings. The Bertz CT molecular complexity index is 650. The molecule has 0 aliphatic carbocycles. The predicted molar refractivity (Wildman–Crippen MR) is 87.3 cm³/mol. The van der Waals surface area contributed by atoms with Gasteiger partial charge in [-0.05, 0) is 36.2 Å². The van der Waals surface area contributed by atoms with Crippen LogP contribution >= 0.6 is 23.1 Å². The zero-order valence-electron chi connectivity index (χ0n) is 12.3. The van der Waals surface area contributed by atoms with Gasteiger partial charge >= 0.3 is 0 Å². The summed E-state index contributed by atoms with van der Waals surface area (Å²) in [5, 5.41) is 4.69. The van der Waals surface area contributed by atoms with Gasteiger partial charge in [-0.2, -0.15) is 0 Å². The number of aryl methyl sites for hydroxylation is 1. The zero-order chi connectivity index (χ0) is 15.5. The standard InChI is InChI=1S/C15H17ClN4OS/c1-11-14(17-18-22-11)15(21)20-8-6-19(7-9-20)10-12-2-4-13(16)5-3-12/h2-5H,6-10H2,1H3. The molecule has 0 unspecified atom stereocenters. The summed E-state index contributed by atoms with van der Waals surface area (Å²) in [6, 6.07) is 7.91. The van der Waals surface area contributed by atoms with Crippen LogP contribution in [0, 0.1) is 6.92 Å². The van der Waals surface area contributed by atoms with E-state index in [1.165, 1.54) is 17.1 Å². The van der Waals surface area contributed by atoms with Crippen LogP contribution in [0.4, 0.5) is 0 Å². The number of benzene rings is 1. The molecule has 22 heavy (non-hydrogen) atoms. The Hall–Kier alpha value is -1.50. The van der Waals surface area contributed by atoms with Gasteiger partial charge in [0.15, 0.2) is 5.69 Å². The number of carbonyl (C=O) groups excluding carboxylic acids is 1. The van der Waals surface area contributed by atoms with E-state index < -0.39 is 0 Å². The highest BCUT2D eigenvalue weighted by Gasteiger charge is 2.25. The number of amides is 1. The summed E-state index contributed by atoms with van der Waals surface area (Å²) in [5.74, 6) is -0.00241.